The second-order valence-electron chi connectivity index (χ2n) is 5.29. The summed E-state index contributed by atoms with van der Waals surface area (Å²) in [7, 11) is 0. The lowest BCUT2D eigenvalue weighted by molar-refractivity contribution is 0.875. The Morgan fingerprint density at radius 3 is 2.71 bits per heavy atom. The van der Waals surface area contributed by atoms with Crippen LogP contribution in [0.1, 0.15) is 11.1 Å². The highest BCUT2D eigenvalue weighted by Crippen LogP contribution is 2.34. The second kappa shape index (κ2) is 4.74. The van der Waals surface area contributed by atoms with Gasteiger partial charge in [-0.3, -0.25) is 4.98 Å². The maximum Gasteiger partial charge on any atom is 0.133 e. The quantitative estimate of drug-likeness (QED) is 0.781. The molecule has 0 radical (unpaired) electrons. The molecule has 4 rings (SSSR count). The zero-order chi connectivity index (χ0) is 14.2. The maximum atomic E-state index is 4.86. The van der Waals surface area contributed by atoms with Crippen LogP contribution in [0.3, 0.4) is 0 Å². The first-order valence-corrected chi connectivity index (χ1v) is 7.17. The van der Waals surface area contributed by atoms with Gasteiger partial charge in [-0.1, -0.05) is 18.2 Å². The molecule has 3 heterocycles. The Balaban J connectivity index is 1.93. The van der Waals surface area contributed by atoms with E-state index in [1.54, 1.807) is 0 Å². The van der Waals surface area contributed by atoms with E-state index < -0.39 is 0 Å². The Kier molecular flexibility index (Phi) is 2.74. The zero-order valence-electron chi connectivity index (χ0n) is 11.9. The molecule has 2 aromatic heterocycles. The third kappa shape index (κ3) is 1.91. The van der Waals surface area contributed by atoms with Crippen molar-refractivity contribution in [3.63, 3.8) is 0 Å². The summed E-state index contributed by atoms with van der Waals surface area (Å²) in [5.41, 5.74) is 5.82. The van der Waals surface area contributed by atoms with E-state index in [4.69, 9.17) is 5.10 Å². The third-order valence-electron chi connectivity index (χ3n) is 3.95. The summed E-state index contributed by atoms with van der Waals surface area (Å²) in [5, 5.41) is 8.33. The van der Waals surface area contributed by atoms with Crippen LogP contribution in [0, 0.1) is 6.92 Å². The van der Waals surface area contributed by atoms with Gasteiger partial charge in [0, 0.05) is 30.1 Å². The molecule has 0 saturated heterocycles. The van der Waals surface area contributed by atoms with E-state index in [1.807, 2.05) is 29.2 Å². The summed E-state index contributed by atoms with van der Waals surface area (Å²) in [5.74, 6) is 1.12. The van der Waals surface area contributed by atoms with Gasteiger partial charge in [-0.25, -0.2) is 4.68 Å². The van der Waals surface area contributed by atoms with Crippen LogP contribution in [0.15, 0.2) is 48.8 Å². The predicted octanol–water partition coefficient (Wildman–Crippen LogP) is 3.21. The largest absolute Gasteiger partial charge is 0.369 e. The van der Waals surface area contributed by atoms with Crippen molar-refractivity contribution in [3.05, 3.63) is 59.9 Å². The predicted molar refractivity (Wildman–Crippen MR) is 83.7 cm³/mol. The second-order valence-corrected chi connectivity index (χ2v) is 5.29. The number of nitrogens with one attached hydrogen (secondary N) is 1. The molecule has 21 heavy (non-hydrogen) atoms. The summed E-state index contributed by atoms with van der Waals surface area (Å²) < 4.78 is 2.04. The van der Waals surface area contributed by atoms with Crippen LogP contribution < -0.4 is 5.32 Å². The van der Waals surface area contributed by atoms with Crippen molar-refractivity contribution in [1.29, 1.82) is 0 Å². The van der Waals surface area contributed by atoms with Crippen molar-refractivity contribution in [2.45, 2.75) is 13.3 Å². The minimum Gasteiger partial charge on any atom is -0.369 e. The summed E-state index contributed by atoms with van der Waals surface area (Å²) in [6, 6.07) is 12.4. The van der Waals surface area contributed by atoms with Crippen LogP contribution in [0.5, 0.6) is 0 Å². The number of fused-ring (bicyclic) bond motifs is 1. The first-order valence-electron chi connectivity index (χ1n) is 7.17. The average Bonchev–Trinajstić information content (AvgIpc) is 3.11. The van der Waals surface area contributed by atoms with Crippen LogP contribution in [0.2, 0.25) is 0 Å². The van der Waals surface area contributed by atoms with Gasteiger partial charge in [-0.2, -0.15) is 5.10 Å². The van der Waals surface area contributed by atoms with Crippen LogP contribution in [-0.2, 0) is 6.42 Å². The maximum absolute atomic E-state index is 4.86. The molecule has 0 spiro atoms. The van der Waals surface area contributed by atoms with Gasteiger partial charge in [0.05, 0.1) is 11.4 Å². The van der Waals surface area contributed by atoms with E-state index in [1.165, 1.54) is 11.1 Å². The molecule has 0 atom stereocenters. The van der Waals surface area contributed by atoms with Crippen molar-refractivity contribution in [2.24, 2.45) is 0 Å². The van der Waals surface area contributed by atoms with E-state index in [2.05, 4.69) is 41.5 Å². The molecule has 3 aromatic rings. The molecule has 0 amide bonds. The number of pyridine rings is 1. The van der Waals surface area contributed by atoms with Crippen LogP contribution in [0.25, 0.3) is 16.9 Å². The fraction of sp³-hybridized carbons (Fsp3) is 0.176. The summed E-state index contributed by atoms with van der Waals surface area (Å²) in [6.07, 6.45) is 4.65. The van der Waals surface area contributed by atoms with Gasteiger partial charge in [-0.15, -0.1) is 0 Å². The van der Waals surface area contributed by atoms with E-state index in [0.717, 1.165) is 35.7 Å². The molecule has 0 bridgehead atoms. The van der Waals surface area contributed by atoms with Crippen LogP contribution >= 0.6 is 0 Å². The van der Waals surface area contributed by atoms with Crippen molar-refractivity contribution < 1.29 is 0 Å². The van der Waals surface area contributed by atoms with Gasteiger partial charge < -0.3 is 5.32 Å². The van der Waals surface area contributed by atoms with Crippen molar-refractivity contribution in [2.75, 3.05) is 11.9 Å². The number of aromatic nitrogens is 3. The molecule has 1 aromatic carbocycles. The third-order valence-corrected chi connectivity index (χ3v) is 3.95. The molecule has 0 unspecified atom stereocenters. The molecule has 0 aliphatic carbocycles. The number of aryl methyl sites for hydroxylation is 1. The molecule has 4 nitrogen and oxygen atoms in total. The van der Waals surface area contributed by atoms with E-state index >= 15 is 0 Å². The highest BCUT2D eigenvalue weighted by Gasteiger charge is 2.24. The Morgan fingerprint density at radius 1 is 1.10 bits per heavy atom. The molecule has 4 heteroatoms. The number of nitrogens with zero attached hydrogens (tertiary/aromatic N) is 3. The Bertz CT molecular complexity index is 790. The SMILES string of the molecule is Cc1ccccc1-n1nc(-c2ccncc2)c2c1NCC2. The minimum absolute atomic E-state index is 0.969. The fourth-order valence-electron chi connectivity index (χ4n) is 2.89. The van der Waals surface area contributed by atoms with Gasteiger partial charge in [-0.05, 0) is 37.1 Å². The Labute approximate surface area is 123 Å². The first-order chi connectivity index (χ1) is 10.3. The number of hydrogen-bond donors (Lipinski definition) is 1. The van der Waals surface area contributed by atoms with Gasteiger partial charge in [0.1, 0.15) is 5.82 Å². The standard InChI is InChI=1S/C17H16N4/c1-12-4-2-3-5-15(12)21-17-14(8-11-19-17)16(20-21)13-6-9-18-10-7-13/h2-7,9-10,19H,8,11H2,1H3. The van der Waals surface area contributed by atoms with E-state index in [-0.39, 0.29) is 0 Å². The zero-order valence-corrected chi connectivity index (χ0v) is 11.9. The summed E-state index contributed by atoms with van der Waals surface area (Å²) in [6.45, 7) is 3.08. The summed E-state index contributed by atoms with van der Waals surface area (Å²) in [4.78, 5) is 4.09. The molecule has 1 aliphatic rings. The molecule has 104 valence electrons. The lowest BCUT2D eigenvalue weighted by Gasteiger charge is -2.09. The number of hydrogen-bond acceptors (Lipinski definition) is 3. The lowest BCUT2D eigenvalue weighted by atomic mass is 10.1. The molecule has 1 aliphatic heterocycles. The van der Waals surface area contributed by atoms with Crippen LogP contribution in [-0.4, -0.2) is 21.3 Å². The molecule has 0 saturated carbocycles. The van der Waals surface area contributed by atoms with Crippen molar-refractivity contribution in [3.8, 4) is 16.9 Å². The Morgan fingerprint density at radius 2 is 1.90 bits per heavy atom. The molecule has 0 fully saturated rings. The number of anilines is 1. The number of para-hydroxylation sites is 1. The van der Waals surface area contributed by atoms with E-state index in [0.29, 0.717) is 0 Å². The number of rotatable bonds is 2. The highest BCUT2D eigenvalue weighted by molar-refractivity contribution is 5.72. The number of benzene rings is 1. The molecular formula is C17H16N4. The van der Waals surface area contributed by atoms with Gasteiger partial charge in [0.25, 0.3) is 0 Å². The topological polar surface area (TPSA) is 42.7 Å². The first kappa shape index (κ1) is 12.1. The smallest absolute Gasteiger partial charge is 0.133 e. The van der Waals surface area contributed by atoms with E-state index in [9.17, 15) is 0 Å². The van der Waals surface area contributed by atoms with Gasteiger partial charge in [0.15, 0.2) is 0 Å². The monoisotopic (exact) mass is 276 g/mol. The van der Waals surface area contributed by atoms with Gasteiger partial charge >= 0.3 is 0 Å². The average molecular weight is 276 g/mol. The Hall–Kier alpha value is -2.62. The van der Waals surface area contributed by atoms with Crippen molar-refractivity contribution in [1.82, 2.24) is 14.8 Å². The fourth-order valence-corrected chi connectivity index (χ4v) is 2.89. The summed E-state index contributed by atoms with van der Waals surface area (Å²) >= 11 is 0. The molecular weight excluding hydrogens is 260 g/mol. The van der Waals surface area contributed by atoms with Crippen LogP contribution in [0.4, 0.5) is 5.82 Å². The van der Waals surface area contributed by atoms with Crippen molar-refractivity contribution >= 4 is 5.82 Å². The normalized spacial score (nSPS) is 13.0. The lowest BCUT2D eigenvalue weighted by Crippen LogP contribution is -2.05. The minimum atomic E-state index is 0.969. The molecule has 1 N–H and O–H groups in total. The highest BCUT2D eigenvalue weighted by atomic mass is 15.3. The van der Waals surface area contributed by atoms with Gasteiger partial charge in [0.2, 0.25) is 0 Å².